The zero-order valence-electron chi connectivity index (χ0n) is 13.9. The van der Waals surface area contributed by atoms with Crippen LogP contribution in [0.5, 0.6) is 11.5 Å². The number of ether oxygens (including phenoxy) is 2. The number of benzene rings is 1. The van der Waals surface area contributed by atoms with Crippen molar-refractivity contribution in [3.63, 3.8) is 0 Å². The lowest BCUT2D eigenvalue weighted by molar-refractivity contribution is -0.120. The minimum atomic E-state index is -0.0760. The molecule has 5 nitrogen and oxygen atoms in total. The molecule has 0 aliphatic heterocycles. The molecule has 1 N–H and O–H groups in total. The molecule has 3 aromatic rings. The lowest BCUT2D eigenvalue weighted by atomic mass is 10.2. The largest absolute Gasteiger partial charge is 0.497 e. The highest BCUT2D eigenvalue weighted by molar-refractivity contribution is 7.20. The summed E-state index contributed by atoms with van der Waals surface area (Å²) in [5, 5.41) is 7.81. The summed E-state index contributed by atoms with van der Waals surface area (Å²) in [6.07, 6.45) is 0.258. The Labute approximate surface area is 154 Å². The van der Waals surface area contributed by atoms with Crippen LogP contribution in [0.2, 0.25) is 0 Å². The Morgan fingerprint density at radius 1 is 1.20 bits per heavy atom. The van der Waals surface area contributed by atoms with E-state index in [1.54, 1.807) is 36.9 Å². The van der Waals surface area contributed by atoms with Crippen LogP contribution in [0, 0.1) is 0 Å². The summed E-state index contributed by atoms with van der Waals surface area (Å²) >= 11 is 3.20. The first kappa shape index (κ1) is 17.4. The summed E-state index contributed by atoms with van der Waals surface area (Å²) in [6.45, 7) is 0.376. The van der Waals surface area contributed by atoms with E-state index < -0.39 is 0 Å². The number of methoxy groups -OCH3 is 2. The van der Waals surface area contributed by atoms with Gasteiger partial charge in [-0.15, -0.1) is 22.7 Å². The molecule has 1 aromatic carbocycles. The third-order valence-electron chi connectivity index (χ3n) is 3.59. The van der Waals surface area contributed by atoms with Crippen LogP contribution in [0.15, 0.2) is 41.1 Å². The molecule has 1 amide bonds. The average molecular weight is 374 g/mol. The number of rotatable bonds is 7. The molecule has 3 rings (SSSR count). The molecule has 2 heterocycles. The molecule has 0 spiro atoms. The van der Waals surface area contributed by atoms with Gasteiger partial charge in [0.2, 0.25) is 5.91 Å². The van der Waals surface area contributed by atoms with Crippen molar-refractivity contribution < 1.29 is 14.3 Å². The van der Waals surface area contributed by atoms with E-state index in [9.17, 15) is 4.79 Å². The zero-order chi connectivity index (χ0) is 17.6. The number of amides is 1. The van der Waals surface area contributed by atoms with Crippen molar-refractivity contribution in [1.82, 2.24) is 10.3 Å². The second-order valence-corrected chi connectivity index (χ2v) is 7.06. The summed E-state index contributed by atoms with van der Waals surface area (Å²) in [6, 6.07) is 9.54. The second-order valence-electron chi connectivity index (χ2n) is 5.25. The lowest BCUT2D eigenvalue weighted by Gasteiger charge is -2.11. The maximum absolute atomic E-state index is 12.2. The SMILES string of the molecule is COc1ccc(OC)c(CNC(=O)Cc2csc(-c3cccs3)n2)c1. The van der Waals surface area contributed by atoms with E-state index in [-0.39, 0.29) is 12.3 Å². The van der Waals surface area contributed by atoms with Crippen molar-refractivity contribution >= 4 is 28.6 Å². The van der Waals surface area contributed by atoms with Gasteiger partial charge in [-0.3, -0.25) is 4.79 Å². The van der Waals surface area contributed by atoms with Crippen LogP contribution >= 0.6 is 22.7 Å². The Morgan fingerprint density at radius 3 is 2.80 bits per heavy atom. The van der Waals surface area contributed by atoms with Gasteiger partial charge in [-0.1, -0.05) is 6.07 Å². The quantitative estimate of drug-likeness (QED) is 0.684. The van der Waals surface area contributed by atoms with Gasteiger partial charge in [-0.25, -0.2) is 4.98 Å². The number of nitrogens with zero attached hydrogens (tertiary/aromatic N) is 1. The van der Waals surface area contributed by atoms with Crippen LogP contribution < -0.4 is 14.8 Å². The fourth-order valence-electron chi connectivity index (χ4n) is 2.34. The van der Waals surface area contributed by atoms with E-state index in [1.165, 1.54) is 0 Å². The van der Waals surface area contributed by atoms with Crippen LogP contribution in [0.1, 0.15) is 11.3 Å². The molecule has 0 atom stereocenters. The molecule has 130 valence electrons. The van der Waals surface area contributed by atoms with E-state index in [0.717, 1.165) is 32.6 Å². The smallest absolute Gasteiger partial charge is 0.226 e. The van der Waals surface area contributed by atoms with Gasteiger partial charge >= 0.3 is 0 Å². The summed E-state index contributed by atoms with van der Waals surface area (Å²) < 4.78 is 10.5. The number of nitrogens with one attached hydrogen (secondary N) is 1. The minimum Gasteiger partial charge on any atom is -0.497 e. The van der Waals surface area contributed by atoms with Crippen molar-refractivity contribution in [2.45, 2.75) is 13.0 Å². The number of thiophene rings is 1. The Balaban J connectivity index is 1.60. The molecule has 2 aromatic heterocycles. The molecule has 0 unspecified atom stereocenters. The van der Waals surface area contributed by atoms with Crippen molar-refractivity contribution in [2.75, 3.05) is 14.2 Å². The lowest BCUT2D eigenvalue weighted by Crippen LogP contribution is -2.24. The van der Waals surface area contributed by atoms with E-state index in [4.69, 9.17) is 9.47 Å². The Hall–Kier alpha value is -2.38. The van der Waals surface area contributed by atoms with Crippen LogP contribution in [-0.4, -0.2) is 25.1 Å². The number of thiazole rings is 1. The highest BCUT2D eigenvalue weighted by Gasteiger charge is 2.11. The number of hydrogen-bond acceptors (Lipinski definition) is 6. The van der Waals surface area contributed by atoms with E-state index >= 15 is 0 Å². The highest BCUT2D eigenvalue weighted by atomic mass is 32.1. The predicted molar refractivity (Wildman–Crippen MR) is 101 cm³/mol. The van der Waals surface area contributed by atoms with Crippen LogP contribution in [-0.2, 0) is 17.8 Å². The van der Waals surface area contributed by atoms with Crippen LogP contribution in [0.4, 0.5) is 0 Å². The summed E-state index contributed by atoms with van der Waals surface area (Å²) in [5.74, 6) is 1.37. The first-order chi connectivity index (χ1) is 12.2. The molecule has 0 aliphatic rings. The first-order valence-electron chi connectivity index (χ1n) is 7.65. The van der Waals surface area contributed by atoms with Crippen molar-refractivity contribution in [3.05, 3.63) is 52.3 Å². The van der Waals surface area contributed by atoms with Crippen LogP contribution in [0.25, 0.3) is 9.88 Å². The second kappa shape index (κ2) is 8.13. The fourth-order valence-corrected chi connectivity index (χ4v) is 3.98. The molecule has 7 heteroatoms. The molecule has 0 saturated carbocycles. The Bertz CT molecular complexity index is 844. The average Bonchev–Trinajstić information content (AvgIpc) is 3.31. The summed E-state index contributed by atoms with van der Waals surface area (Å²) in [5.41, 5.74) is 1.65. The summed E-state index contributed by atoms with van der Waals surface area (Å²) in [4.78, 5) is 17.9. The first-order valence-corrected chi connectivity index (χ1v) is 9.41. The van der Waals surface area contributed by atoms with Gasteiger partial charge in [0.1, 0.15) is 16.5 Å². The zero-order valence-corrected chi connectivity index (χ0v) is 15.6. The molecule has 25 heavy (non-hydrogen) atoms. The predicted octanol–water partition coefficient (Wildman–Crippen LogP) is 3.75. The number of carbonyl (C=O) groups excluding carboxylic acids is 1. The van der Waals surface area contributed by atoms with E-state index in [1.807, 2.05) is 41.1 Å². The molecule has 0 saturated heterocycles. The minimum absolute atomic E-state index is 0.0760. The van der Waals surface area contributed by atoms with E-state index in [0.29, 0.717) is 6.54 Å². The maximum Gasteiger partial charge on any atom is 0.226 e. The monoisotopic (exact) mass is 374 g/mol. The van der Waals surface area contributed by atoms with Gasteiger partial charge in [0.15, 0.2) is 0 Å². The summed E-state index contributed by atoms with van der Waals surface area (Å²) in [7, 11) is 3.21. The molecule has 0 aliphatic carbocycles. The molecule has 0 fully saturated rings. The number of hydrogen-bond donors (Lipinski definition) is 1. The Kier molecular flexibility index (Phi) is 5.67. The number of carbonyl (C=O) groups is 1. The molecule has 0 radical (unpaired) electrons. The van der Waals surface area contributed by atoms with Gasteiger partial charge in [-0.2, -0.15) is 0 Å². The van der Waals surface area contributed by atoms with Gasteiger partial charge in [0.25, 0.3) is 0 Å². The van der Waals surface area contributed by atoms with Crippen molar-refractivity contribution in [3.8, 4) is 21.4 Å². The van der Waals surface area contributed by atoms with Gasteiger partial charge in [-0.05, 0) is 29.6 Å². The van der Waals surface area contributed by atoms with E-state index in [2.05, 4.69) is 10.3 Å². The standard InChI is InChI=1S/C18H18N2O3S2/c1-22-14-5-6-15(23-2)12(8-14)10-19-17(21)9-13-11-25-18(20-13)16-4-3-7-24-16/h3-8,11H,9-10H2,1-2H3,(H,19,21). The topological polar surface area (TPSA) is 60.5 Å². The number of aromatic nitrogens is 1. The highest BCUT2D eigenvalue weighted by Crippen LogP contribution is 2.28. The molecular formula is C18H18N2O3S2. The third-order valence-corrected chi connectivity index (χ3v) is 5.52. The van der Waals surface area contributed by atoms with Gasteiger partial charge in [0, 0.05) is 17.5 Å². The Morgan fingerprint density at radius 2 is 2.08 bits per heavy atom. The molecule has 0 bridgehead atoms. The fraction of sp³-hybridized carbons (Fsp3) is 0.222. The van der Waals surface area contributed by atoms with Crippen molar-refractivity contribution in [1.29, 1.82) is 0 Å². The molecular weight excluding hydrogens is 356 g/mol. The van der Waals surface area contributed by atoms with Crippen molar-refractivity contribution in [2.24, 2.45) is 0 Å². The van der Waals surface area contributed by atoms with Gasteiger partial charge in [0.05, 0.1) is 31.2 Å². The van der Waals surface area contributed by atoms with Gasteiger partial charge < -0.3 is 14.8 Å². The van der Waals surface area contributed by atoms with Crippen LogP contribution in [0.3, 0.4) is 0 Å². The maximum atomic E-state index is 12.2. The third kappa shape index (κ3) is 4.37. The normalized spacial score (nSPS) is 10.5.